The average molecular weight is 518 g/mol. The van der Waals surface area contributed by atoms with E-state index in [9.17, 15) is 4.79 Å². The maximum Gasteiger partial charge on any atom is 0.273 e. The number of para-hydroxylation sites is 1. The van der Waals surface area contributed by atoms with Crippen LogP contribution in [0.2, 0.25) is 0 Å². The Morgan fingerprint density at radius 3 is 2.62 bits per heavy atom. The highest BCUT2D eigenvalue weighted by Crippen LogP contribution is 2.37. The number of nitrogens with one attached hydrogen (secondary N) is 1. The van der Waals surface area contributed by atoms with Crippen molar-refractivity contribution in [3.05, 3.63) is 100 Å². The molecule has 4 aromatic carbocycles. The third-order valence-corrected chi connectivity index (χ3v) is 5.76. The third-order valence-electron chi connectivity index (χ3n) is 5.17. The van der Waals surface area contributed by atoms with Crippen molar-refractivity contribution in [3.8, 4) is 11.5 Å². The van der Waals surface area contributed by atoms with E-state index in [1.807, 2.05) is 37.3 Å². The Bertz CT molecular complexity index is 1350. The van der Waals surface area contributed by atoms with Crippen molar-refractivity contribution in [2.75, 3.05) is 12.3 Å². The third kappa shape index (κ3) is 5.38. The summed E-state index contributed by atoms with van der Waals surface area (Å²) >= 11 is 3.59. The van der Waals surface area contributed by atoms with Crippen LogP contribution in [0.15, 0.2) is 88.4 Å². The quantitative estimate of drug-likeness (QED) is 0.172. The molecule has 0 bridgehead atoms. The van der Waals surface area contributed by atoms with Gasteiger partial charge in [-0.1, -0.05) is 54.6 Å². The van der Waals surface area contributed by atoms with Gasteiger partial charge in [-0.3, -0.25) is 4.79 Å². The number of halogens is 1. The van der Waals surface area contributed by atoms with Gasteiger partial charge in [0.2, 0.25) is 0 Å². The molecule has 0 aromatic heterocycles. The molecule has 34 heavy (non-hydrogen) atoms. The second-order valence-corrected chi connectivity index (χ2v) is 8.33. The van der Waals surface area contributed by atoms with Gasteiger partial charge >= 0.3 is 0 Å². The first kappa shape index (κ1) is 23.3. The number of carbonyl (C=O) groups is 1. The molecular formula is C27H24BrN3O3. The summed E-state index contributed by atoms with van der Waals surface area (Å²) in [5.74, 6) is 0.804. The number of amides is 1. The zero-order valence-electron chi connectivity index (χ0n) is 18.6. The fourth-order valence-electron chi connectivity index (χ4n) is 3.56. The van der Waals surface area contributed by atoms with Crippen LogP contribution < -0.4 is 20.6 Å². The highest BCUT2D eigenvalue weighted by molar-refractivity contribution is 9.10. The molecule has 0 heterocycles. The van der Waals surface area contributed by atoms with Gasteiger partial charge in [0.25, 0.3) is 5.91 Å². The average Bonchev–Trinajstić information content (AvgIpc) is 2.84. The maximum atomic E-state index is 12.3. The van der Waals surface area contributed by atoms with Crippen molar-refractivity contribution in [2.24, 2.45) is 5.10 Å². The second kappa shape index (κ2) is 10.9. The number of anilines is 1. The molecule has 0 fully saturated rings. The highest BCUT2D eigenvalue weighted by atomic mass is 79.9. The summed E-state index contributed by atoms with van der Waals surface area (Å²) in [6.45, 7) is 2.78. The van der Waals surface area contributed by atoms with E-state index in [0.717, 1.165) is 21.0 Å². The molecule has 4 aromatic rings. The van der Waals surface area contributed by atoms with E-state index in [-0.39, 0.29) is 5.91 Å². The minimum atomic E-state index is -0.381. The van der Waals surface area contributed by atoms with E-state index < -0.39 is 0 Å². The van der Waals surface area contributed by atoms with Gasteiger partial charge in [0.15, 0.2) is 11.5 Å². The van der Waals surface area contributed by atoms with Crippen LogP contribution in [0.5, 0.6) is 11.5 Å². The summed E-state index contributed by atoms with van der Waals surface area (Å²) in [4.78, 5) is 12.3. The molecule has 7 heteroatoms. The van der Waals surface area contributed by atoms with Crippen molar-refractivity contribution >= 4 is 44.5 Å². The van der Waals surface area contributed by atoms with Crippen LogP contribution in [0.25, 0.3) is 10.8 Å². The van der Waals surface area contributed by atoms with Gasteiger partial charge < -0.3 is 15.2 Å². The Morgan fingerprint density at radius 1 is 1.03 bits per heavy atom. The molecule has 4 rings (SSSR count). The molecule has 0 saturated carbocycles. The molecule has 0 saturated heterocycles. The lowest BCUT2D eigenvalue weighted by Crippen LogP contribution is -2.19. The number of hydrazone groups is 1. The standard InChI is InChI=1S/C27H24BrN3O3/c1-2-33-25-15-18(16-30-31-27(32)22-12-5-6-13-24(22)29)14-23(28)26(25)34-17-20-10-7-9-19-8-3-4-11-21(19)20/h3-16H,2,17,29H2,1H3,(H,31,32)/b30-16-. The minimum absolute atomic E-state index is 0.369. The monoisotopic (exact) mass is 517 g/mol. The van der Waals surface area contributed by atoms with Crippen LogP contribution >= 0.6 is 15.9 Å². The number of rotatable bonds is 8. The van der Waals surface area contributed by atoms with Crippen LogP contribution in [-0.2, 0) is 6.61 Å². The van der Waals surface area contributed by atoms with Crippen molar-refractivity contribution in [2.45, 2.75) is 13.5 Å². The summed E-state index contributed by atoms with van der Waals surface area (Å²) in [6, 6.07) is 24.9. The number of carbonyl (C=O) groups excluding carboxylic acids is 1. The van der Waals surface area contributed by atoms with Gasteiger partial charge in [-0.05, 0) is 69.0 Å². The Kier molecular flexibility index (Phi) is 7.44. The van der Waals surface area contributed by atoms with Crippen molar-refractivity contribution in [1.82, 2.24) is 5.43 Å². The van der Waals surface area contributed by atoms with Crippen molar-refractivity contribution in [3.63, 3.8) is 0 Å². The van der Waals surface area contributed by atoms with E-state index >= 15 is 0 Å². The molecule has 172 valence electrons. The summed E-state index contributed by atoms with van der Waals surface area (Å²) in [7, 11) is 0. The van der Waals surface area contributed by atoms with Crippen LogP contribution in [0.1, 0.15) is 28.4 Å². The van der Waals surface area contributed by atoms with Crippen LogP contribution in [0, 0.1) is 0 Å². The molecule has 0 spiro atoms. The van der Waals surface area contributed by atoms with Gasteiger partial charge in [-0.25, -0.2) is 5.43 Å². The number of hydrogen-bond acceptors (Lipinski definition) is 5. The van der Waals surface area contributed by atoms with Gasteiger partial charge in [0.1, 0.15) is 6.61 Å². The van der Waals surface area contributed by atoms with E-state index in [1.165, 1.54) is 5.39 Å². The van der Waals surface area contributed by atoms with Gasteiger partial charge in [0, 0.05) is 5.69 Å². The number of nitrogen functional groups attached to an aromatic ring is 1. The minimum Gasteiger partial charge on any atom is -0.490 e. The Morgan fingerprint density at radius 2 is 1.79 bits per heavy atom. The van der Waals surface area contributed by atoms with Crippen LogP contribution in [-0.4, -0.2) is 18.7 Å². The molecule has 0 atom stereocenters. The van der Waals surface area contributed by atoms with Crippen LogP contribution in [0.4, 0.5) is 5.69 Å². The number of fused-ring (bicyclic) bond motifs is 1. The number of ether oxygens (including phenoxy) is 2. The van der Waals surface area contributed by atoms with Crippen LogP contribution in [0.3, 0.4) is 0 Å². The molecule has 0 unspecified atom stereocenters. The molecule has 6 nitrogen and oxygen atoms in total. The predicted octanol–water partition coefficient (Wildman–Crippen LogP) is 5.93. The second-order valence-electron chi connectivity index (χ2n) is 7.48. The summed E-state index contributed by atoms with van der Waals surface area (Å²) in [5, 5.41) is 6.38. The fourth-order valence-corrected chi connectivity index (χ4v) is 4.14. The van der Waals surface area contributed by atoms with Gasteiger partial charge in [0.05, 0.1) is 22.9 Å². The van der Waals surface area contributed by atoms with Gasteiger partial charge in [-0.2, -0.15) is 5.10 Å². The van der Waals surface area contributed by atoms with E-state index in [2.05, 4.69) is 50.7 Å². The molecule has 0 aliphatic heterocycles. The largest absolute Gasteiger partial charge is 0.490 e. The topological polar surface area (TPSA) is 85.9 Å². The Balaban J connectivity index is 1.51. The summed E-state index contributed by atoms with van der Waals surface area (Å²) in [6.07, 6.45) is 1.54. The zero-order chi connectivity index (χ0) is 23.9. The van der Waals surface area contributed by atoms with Gasteiger partial charge in [-0.15, -0.1) is 0 Å². The lowest BCUT2D eigenvalue weighted by atomic mass is 10.1. The fraction of sp³-hybridized carbons (Fsp3) is 0.111. The normalized spacial score (nSPS) is 11.0. The first-order chi connectivity index (χ1) is 16.6. The molecule has 1 amide bonds. The molecular weight excluding hydrogens is 494 g/mol. The lowest BCUT2D eigenvalue weighted by molar-refractivity contribution is 0.0956. The van der Waals surface area contributed by atoms with E-state index in [1.54, 1.807) is 30.5 Å². The van der Waals surface area contributed by atoms with Crippen molar-refractivity contribution < 1.29 is 14.3 Å². The Hall–Kier alpha value is -3.84. The summed E-state index contributed by atoms with van der Waals surface area (Å²) in [5.41, 5.74) is 10.9. The number of nitrogens with two attached hydrogens (primary N) is 1. The summed E-state index contributed by atoms with van der Waals surface area (Å²) < 4.78 is 12.7. The Labute approximate surface area is 206 Å². The lowest BCUT2D eigenvalue weighted by Gasteiger charge is -2.15. The van der Waals surface area contributed by atoms with E-state index in [0.29, 0.717) is 36.0 Å². The molecule has 0 radical (unpaired) electrons. The zero-order valence-corrected chi connectivity index (χ0v) is 20.2. The number of benzene rings is 4. The first-order valence-corrected chi connectivity index (χ1v) is 11.6. The molecule has 0 aliphatic rings. The van der Waals surface area contributed by atoms with E-state index in [4.69, 9.17) is 15.2 Å². The highest BCUT2D eigenvalue weighted by Gasteiger charge is 2.13. The number of nitrogens with zero attached hydrogens (tertiary/aromatic N) is 1. The van der Waals surface area contributed by atoms with Crippen molar-refractivity contribution in [1.29, 1.82) is 0 Å². The first-order valence-electron chi connectivity index (χ1n) is 10.8. The molecule has 0 aliphatic carbocycles. The molecule has 3 N–H and O–H groups in total. The predicted molar refractivity (Wildman–Crippen MR) is 140 cm³/mol. The SMILES string of the molecule is CCOc1cc(/C=N\NC(=O)c2ccccc2N)cc(Br)c1OCc1cccc2ccccc12. The smallest absolute Gasteiger partial charge is 0.273 e. The number of hydrogen-bond donors (Lipinski definition) is 2. The maximum absolute atomic E-state index is 12.3.